The van der Waals surface area contributed by atoms with Crippen LogP contribution in [0.4, 0.5) is 4.79 Å². The van der Waals surface area contributed by atoms with Crippen molar-refractivity contribution in [2.24, 2.45) is 0 Å². The van der Waals surface area contributed by atoms with Gasteiger partial charge in [-0.15, -0.1) is 0 Å². The SMILES string of the molecule is C1CCC(NC2CCCCC2)CC1.CC(C)(C)OC[C@@H](NC(=O)OC(C)(C)C)C(=O)O. The topological polar surface area (TPSA) is 96.9 Å². The molecule has 0 radical (unpaired) electrons. The van der Waals surface area contributed by atoms with Crippen LogP contribution in [-0.2, 0) is 14.3 Å². The number of carbonyl (C=O) groups excluding carboxylic acids is 1. The third kappa shape index (κ3) is 14.4. The molecule has 3 N–H and O–H groups in total. The first-order valence-corrected chi connectivity index (χ1v) is 12.0. The molecule has 0 aromatic rings. The highest BCUT2D eigenvalue weighted by Gasteiger charge is 2.26. The van der Waals surface area contributed by atoms with Gasteiger partial charge in [0, 0.05) is 12.1 Å². The average Bonchev–Trinajstić information content (AvgIpc) is 2.65. The lowest BCUT2D eigenvalue weighted by molar-refractivity contribution is -0.142. The van der Waals surface area contributed by atoms with E-state index in [-0.39, 0.29) is 6.61 Å². The molecule has 31 heavy (non-hydrogen) atoms. The Balaban J connectivity index is 0.000000323. The van der Waals surface area contributed by atoms with E-state index in [0.717, 1.165) is 12.1 Å². The Morgan fingerprint density at radius 3 is 1.65 bits per heavy atom. The van der Waals surface area contributed by atoms with Crippen molar-refractivity contribution in [2.45, 2.75) is 135 Å². The van der Waals surface area contributed by atoms with E-state index in [1.807, 2.05) is 0 Å². The predicted molar refractivity (Wildman–Crippen MR) is 123 cm³/mol. The molecule has 0 aliphatic heterocycles. The highest BCUT2D eigenvalue weighted by Crippen LogP contribution is 2.22. The molecular weight excluding hydrogens is 396 g/mol. The molecule has 2 fully saturated rings. The Hall–Kier alpha value is -1.34. The molecule has 0 unspecified atom stereocenters. The Labute approximate surface area is 189 Å². The monoisotopic (exact) mass is 442 g/mol. The van der Waals surface area contributed by atoms with Crippen molar-refractivity contribution in [3.05, 3.63) is 0 Å². The first-order valence-electron chi connectivity index (χ1n) is 12.0. The Bertz CT molecular complexity index is 511. The highest BCUT2D eigenvalue weighted by molar-refractivity contribution is 5.80. The van der Waals surface area contributed by atoms with E-state index < -0.39 is 29.3 Å². The Kier molecular flexibility index (Phi) is 11.8. The molecule has 182 valence electrons. The van der Waals surface area contributed by atoms with Crippen LogP contribution in [0.5, 0.6) is 0 Å². The van der Waals surface area contributed by atoms with Crippen LogP contribution < -0.4 is 10.6 Å². The van der Waals surface area contributed by atoms with Crippen LogP contribution in [0.15, 0.2) is 0 Å². The number of carboxylic acid groups (broad SMARTS) is 1. The van der Waals surface area contributed by atoms with Crippen LogP contribution in [-0.4, -0.2) is 53.1 Å². The molecule has 2 aliphatic carbocycles. The molecule has 1 atom stereocenters. The minimum Gasteiger partial charge on any atom is -0.480 e. The van der Waals surface area contributed by atoms with Gasteiger partial charge < -0.3 is 25.2 Å². The normalized spacial score (nSPS) is 19.7. The molecule has 7 nitrogen and oxygen atoms in total. The van der Waals surface area contributed by atoms with Gasteiger partial charge in [0.15, 0.2) is 6.04 Å². The summed E-state index contributed by atoms with van der Waals surface area (Å²) in [6.07, 6.45) is 13.8. The average molecular weight is 443 g/mol. The molecule has 1 amide bonds. The molecule has 0 saturated heterocycles. The van der Waals surface area contributed by atoms with Gasteiger partial charge in [-0.1, -0.05) is 38.5 Å². The lowest BCUT2D eigenvalue weighted by Gasteiger charge is -2.30. The molecule has 2 rings (SSSR count). The maximum atomic E-state index is 11.4. The third-order valence-corrected chi connectivity index (χ3v) is 5.35. The van der Waals surface area contributed by atoms with Crippen molar-refractivity contribution in [3.8, 4) is 0 Å². The van der Waals surface area contributed by atoms with Gasteiger partial charge in [-0.25, -0.2) is 9.59 Å². The fourth-order valence-corrected chi connectivity index (χ4v) is 3.83. The first kappa shape index (κ1) is 27.7. The summed E-state index contributed by atoms with van der Waals surface area (Å²) in [5.74, 6) is -1.16. The lowest BCUT2D eigenvalue weighted by atomic mass is 9.91. The number of rotatable bonds is 6. The van der Waals surface area contributed by atoms with Crippen molar-refractivity contribution in [3.63, 3.8) is 0 Å². The maximum absolute atomic E-state index is 11.4. The second-order valence-electron chi connectivity index (χ2n) is 10.8. The maximum Gasteiger partial charge on any atom is 0.408 e. The number of carboxylic acids is 1. The van der Waals surface area contributed by atoms with E-state index in [1.165, 1.54) is 64.2 Å². The van der Waals surface area contributed by atoms with Crippen molar-refractivity contribution >= 4 is 12.1 Å². The fourth-order valence-electron chi connectivity index (χ4n) is 3.83. The highest BCUT2D eigenvalue weighted by atomic mass is 16.6. The number of alkyl carbamates (subject to hydrolysis) is 1. The molecule has 0 aromatic heterocycles. The number of carbonyl (C=O) groups is 2. The fraction of sp³-hybridized carbons (Fsp3) is 0.917. The van der Waals surface area contributed by atoms with Gasteiger partial charge in [0.05, 0.1) is 12.2 Å². The lowest BCUT2D eigenvalue weighted by Crippen LogP contribution is -2.47. The summed E-state index contributed by atoms with van der Waals surface area (Å²) < 4.78 is 10.3. The van der Waals surface area contributed by atoms with E-state index in [9.17, 15) is 9.59 Å². The number of aliphatic carboxylic acids is 1. The quantitative estimate of drug-likeness (QED) is 0.534. The van der Waals surface area contributed by atoms with Crippen LogP contribution in [0.25, 0.3) is 0 Å². The summed E-state index contributed by atoms with van der Waals surface area (Å²) in [7, 11) is 0. The van der Waals surface area contributed by atoms with Gasteiger partial charge in [-0.05, 0) is 67.2 Å². The molecule has 0 bridgehead atoms. The van der Waals surface area contributed by atoms with Crippen molar-refractivity contribution in [2.75, 3.05) is 6.61 Å². The third-order valence-electron chi connectivity index (χ3n) is 5.35. The van der Waals surface area contributed by atoms with E-state index in [0.29, 0.717) is 0 Å². The Morgan fingerprint density at radius 2 is 1.29 bits per heavy atom. The van der Waals surface area contributed by atoms with Crippen LogP contribution >= 0.6 is 0 Å². The second-order valence-corrected chi connectivity index (χ2v) is 10.8. The van der Waals surface area contributed by atoms with Crippen LogP contribution in [0.1, 0.15) is 106 Å². The summed E-state index contributed by atoms with van der Waals surface area (Å²) in [5.41, 5.74) is -1.14. The first-order chi connectivity index (χ1) is 14.4. The molecule has 0 spiro atoms. The molecule has 2 aliphatic rings. The van der Waals surface area contributed by atoms with Crippen molar-refractivity contribution in [1.29, 1.82) is 0 Å². The van der Waals surface area contributed by atoms with E-state index in [1.54, 1.807) is 41.5 Å². The van der Waals surface area contributed by atoms with E-state index in [4.69, 9.17) is 14.6 Å². The standard InChI is InChI=1S/C12H23NO5.C12H23N/c1-11(2,3)17-7-8(9(14)15)13-10(16)18-12(4,5)6;1-3-7-11(8-4-1)13-12-9-5-2-6-10-12/h8H,7H2,1-6H3,(H,13,16)(H,14,15);11-13H,1-10H2/t8-;/m1./s1. The largest absolute Gasteiger partial charge is 0.480 e. The summed E-state index contributed by atoms with van der Waals surface area (Å²) in [5, 5.41) is 15.1. The van der Waals surface area contributed by atoms with Gasteiger partial charge in [-0.2, -0.15) is 0 Å². The number of amides is 1. The smallest absolute Gasteiger partial charge is 0.408 e. The van der Waals surface area contributed by atoms with Gasteiger partial charge in [0.1, 0.15) is 5.60 Å². The van der Waals surface area contributed by atoms with E-state index >= 15 is 0 Å². The number of hydrogen-bond donors (Lipinski definition) is 3. The van der Waals surface area contributed by atoms with Gasteiger partial charge >= 0.3 is 12.1 Å². The number of ether oxygens (including phenoxy) is 2. The molecule has 2 saturated carbocycles. The summed E-state index contributed by atoms with van der Waals surface area (Å²) in [4.78, 5) is 22.4. The summed E-state index contributed by atoms with van der Waals surface area (Å²) >= 11 is 0. The van der Waals surface area contributed by atoms with Crippen LogP contribution in [0, 0.1) is 0 Å². The molecule has 0 heterocycles. The zero-order chi connectivity index (χ0) is 23.5. The van der Waals surface area contributed by atoms with Crippen LogP contribution in [0.2, 0.25) is 0 Å². The van der Waals surface area contributed by atoms with Gasteiger partial charge in [-0.3, -0.25) is 0 Å². The zero-order valence-corrected chi connectivity index (χ0v) is 20.6. The summed E-state index contributed by atoms with van der Waals surface area (Å²) in [6.45, 7) is 10.4. The minimum absolute atomic E-state index is 0.113. The molecule has 7 heteroatoms. The van der Waals surface area contributed by atoms with Crippen LogP contribution in [0.3, 0.4) is 0 Å². The number of nitrogens with one attached hydrogen (secondary N) is 2. The van der Waals surface area contributed by atoms with Gasteiger partial charge in [0.2, 0.25) is 0 Å². The molecule has 0 aromatic carbocycles. The number of hydrogen-bond acceptors (Lipinski definition) is 5. The Morgan fingerprint density at radius 1 is 0.839 bits per heavy atom. The van der Waals surface area contributed by atoms with E-state index in [2.05, 4.69) is 10.6 Å². The predicted octanol–water partition coefficient (Wildman–Crippen LogP) is 5.02. The minimum atomic E-state index is -1.16. The summed E-state index contributed by atoms with van der Waals surface area (Å²) in [6, 6.07) is 0.618. The second kappa shape index (κ2) is 13.3. The van der Waals surface area contributed by atoms with Gasteiger partial charge in [0.25, 0.3) is 0 Å². The van der Waals surface area contributed by atoms with Crippen molar-refractivity contribution < 1.29 is 24.2 Å². The zero-order valence-electron chi connectivity index (χ0n) is 20.6. The molecular formula is C24H46N2O5. The van der Waals surface area contributed by atoms with Crippen molar-refractivity contribution in [1.82, 2.24) is 10.6 Å².